The van der Waals surface area contributed by atoms with Gasteiger partial charge >= 0.3 is 0 Å². The Labute approximate surface area is 127 Å². The molecule has 0 aliphatic heterocycles. The van der Waals surface area contributed by atoms with Crippen LogP contribution in [0.5, 0.6) is 0 Å². The number of benzene rings is 2. The molecule has 0 amide bonds. The van der Waals surface area contributed by atoms with Crippen molar-refractivity contribution >= 4 is 10.0 Å². The highest BCUT2D eigenvalue weighted by Crippen LogP contribution is 2.14. The van der Waals surface area contributed by atoms with E-state index in [1.807, 2.05) is 38.1 Å². The summed E-state index contributed by atoms with van der Waals surface area (Å²) in [5.74, 6) is 0. The quantitative estimate of drug-likeness (QED) is 0.891. The van der Waals surface area contributed by atoms with Crippen molar-refractivity contribution in [2.75, 3.05) is 0 Å². The van der Waals surface area contributed by atoms with E-state index in [-0.39, 0.29) is 6.04 Å². The molecule has 0 heterocycles. The molecule has 0 atom stereocenters. The predicted molar refractivity (Wildman–Crippen MR) is 85.7 cm³/mol. The molecule has 0 aromatic heterocycles. The van der Waals surface area contributed by atoms with Crippen molar-refractivity contribution in [3.8, 4) is 0 Å². The van der Waals surface area contributed by atoms with Gasteiger partial charge in [-0.15, -0.1) is 0 Å². The molecule has 0 saturated heterocycles. The van der Waals surface area contributed by atoms with Gasteiger partial charge < -0.3 is 0 Å². The van der Waals surface area contributed by atoms with Crippen molar-refractivity contribution in [3.05, 3.63) is 65.7 Å². The Morgan fingerprint density at radius 3 is 2.19 bits per heavy atom. The Balaban J connectivity index is 2.11. The highest BCUT2D eigenvalue weighted by molar-refractivity contribution is 7.89. The molecule has 3 nitrogen and oxygen atoms in total. The zero-order chi connectivity index (χ0) is 15.3. The zero-order valence-electron chi connectivity index (χ0n) is 12.4. The first-order valence-electron chi connectivity index (χ1n) is 7.12. The number of aryl methyl sites for hydroxylation is 2. The lowest BCUT2D eigenvalue weighted by molar-refractivity contribution is 0.569. The molecule has 0 radical (unpaired) electrons. The van der Waals surface area contributed by atoms with Crippen LogP contribution in [0.3, 0.4) is 0 Å². The first-order valence-corrected chi connectivity index (χ1v) is 8.61. The molecule has 112 valence electrons. The summed E-state index contributed by atoms with van der Waals surface area (Å²) in [4.78, 5) is 0.335. The minimum Gasteiger partial charge on any atom is -0.209 e. The summed E-state index contributed by atoms with van der Waals surface area (Å²) >= 11 is 0. The lowest BCUT2D eigenvalue weighted by Gasteiger charge is -2.10. The largest absolute Gasteiger partial charge is 0.240 e. The third kappa shape index (κ3) is 4.69. The van der Waals surface area contributed by atoms with Gasteiger partial charge in [0.1, 0.15) is 0 Å². The van der Waals surface area contributed by atoms with Gasteiger partial charge in [-0.3, -0.25) is 0 Å². The third-order valence-corrected chi connectivity index (χ3v) is 4.80. The van der Waals surface area contributed by atoms with Gasteiger partial charge in [-0.25, -0.2) is 13.1 Å². The van der Waals surface area contributed by atoms with Crippen molar-refractivity contribution < 1.29 is 8.42 Å². The van der Waals surface area contributed by atoms with E-state index in [2.05, 4.69) is 16.9 Å². The van der Waals surface area contributed by atoms with E-state index in [0.29, 0.717) is 4.90 Å². The molecule has 1 N–H and O–H groups in total. The normalized spacial score (nSPS) is 11.8. The fourth-order valence-corrected chi connectivity index (χ4v) is 3.50. The number of hydrogen-bond donors (Lipinski definition) is 1. The number of nitrogens with one attached hydrogen (secondary N) is 1. The summed E-state index contributed by atoms with van der Waals surface area (Å²) < 4.78 is 26.9. The molecule has 4 heteroatoms. The molecule has 0 unspecified atom stereocenters. The van der Waals surface area contributed by atoms with Gasteiger partial charge in [-0.2, -0.15) is 0 Å². The van der Waals surface area contributed by atoms with Crippen LogP contribution in [0.1, 0.15) is 25.0 Å². The van der Waals surface area contributed by atoms with Gasteiger partial charge in [-0.05, 0) is 49.9 Å². The second-order valence-electron chi connectivity index (χ2n) is 5.41. The van der Waals surface area contributed by atoms with Crippen molar-refractivity contribution in [1.29, 1.82) is 0 Å². The van der Waals surface area contributed by atoms with Crippen molar-refractivity contribution in [2.24, 2.45) is 0 Å². The molecular formula is C17H21NO2S. The monoisotopic (exact) mass is 303 g/mol. The molecule has 21 heavy (non-hydrogen) atoms. The Hall–Kier alpha value is -1.65. The molecule has 0 bridgehead atoms. The maximum absolute atomic E-state index is 12.2. The molecule has 2 aromatic carbocycles. The number of rotatable bonds is 6. The minimum absolute atomic E-state index is 0.108. The second kappa shape index (κ2) is 6.87. The summed E-state index contributed by atoms with van der Waals surface area (Å²) in [5.41, 5.74) is 2.29. The second-order valence-corrected chi connectivity index (χ2v) is 7.12. The summed E-state index contributed by atoms with van der Waals surface area (Å²) in [7, 11) is -3.41. The van der Waals surface area contributed by atoms with E-state index in [1.165, 1.54) is 5.56 Å². The SMILES string of the molecule is CC(C)NS(=O)(=O)c1cccc(CCc2ccccc2)c1. The van der Waals surface area contributed by atoms with Crippen LogP contribution < -0.4 is 4.72 Å². The summed E-state index contributed by atoms with van der Waals surface area (Å²) in [6.07, 6.45) is 1.73. The molecule has 0 fully saturated rings. The smallest absolute Gasteiger partial charge is 0.209 e. The van der Waals surface area contributed by atoms with Gasteiger partial charge in [0.2, 0.25) is 10.0 Å². The van der Waals surface area contributed by atoms with Crippen LogP contribution in [0.15, 0.2) is 59.5 Å². The van der Waals surface area contributed by atoms with Crippen LogP contribution in [0.2, 0.25) is 0 Å². The number of hydrogen-bond acceptors (Lipinski definition) is 2. The van der Waals surface area contributed by atoms with Gasteiger partial charge in [-0.1, -0.05) is 42.5 Å². The van der Waals surface area contributed by atoms with Crippen LogP contribution in [0, 0.1) is 0 Å². The zero-order valence-corrected chi connectivity index (χ0v) is 13.2. The van der Waals surface area contributed by atoms with Crippen LogP contribution in [0.25, 0.3) is 0 Å². The molecule has 0 aliphatic carbocycles. The topological polar surface area (TPSA) is 46.2 Å². The Bertz CT molecular complexity index is 679. The van der Waals surface area contributed by atoms with E-state index >= 15 is 0 Å². The van der Waals surface area contributed by atoms with Crippen LogP contribution in [0.4, 0.5) is 0 Å². The van der Waals surface area contributed by atoms with E-state index in [1.54, 1.807) is 18.2 Å². The molecular weight excluding hydrogens is 282 g/mol. The summed E-state index contributed by atoms with van der Waals surface area (Å²) in [5, 5.41) is 0. The Kier molecular flexibility index (Phi) is 5.15. The average Bonchev–Trinajstić information content (AvgIpc) is 2.45. The molecule has 2 aromatic rings. The molecule has 0 aliphatic rings. The van der Waals surface area contributed by atoms with Crippen molar-refractivity contribution in [1.82, 2.24) is 4.72 Å². The Morgan fingerprint density at radius 1 is 0.905 bits per heavy atom. The van der Waals surface area contributed by atoms with E-state index < -0.39 is 10.0 Å². The van der Waals surface area contributed by atoms with Crippen molar-refractivity contribution in [2.45, 2.75) is 37.6 Å². The first kappa shape index (κ1) is 15.7. The maximum atomic E-state index is 12.2. The van der Waals surface area contributed by atoms with Gasteiger partial charge in [0.15, 0.2) is 0 Å². The molecule has 2 rings (SSSR count). The Morgan fingerprint density at radius 2 is 1.52 bits per heavy atom. The van der Waals surface area contributed by atoms with Crippen molar-refractivity contribution in [3.63, 3.8) is 0 Å². The van der Waals surface area contributed by atoms with E-state index in [0.717, 1.165) is 18.4 Å². The lowest BCUT2D eigenvalue weighted by atomic mass is 10.0. The van der Waals surface area contributed by atoms with Gasteiger partial charge in [0.25, 0.3) is 0 Å². The van der Waals surface area contributed by atoms with Crippen LogP contribution in [-0.4, -0.2) is 14.5 Å². The highest BCUT2D eigenvalue weighted by atomic mass is 32.2. The van der Waals surface area contributed by atoms with Gasteiger partial charge in [0.05, 0.1) is 4.90 Å². The minimum atomic E-state index is -3.41. The summed E-state index contributed by atoms with van der Waals surface area (Å²) in [6.45, 7) is 3.63. The standard InChI is InChI=1S/C17H21NO2S/c1-14(2)18-21(19,20)17-10-6-9-16(13-17)12-11-15-7-4-3-5-8-15/h3-10,13-14,18H,11-12H2,1-2H3. The predicted octanol–water partition coefficient (Wildman–Crippen LogP) is 3.16. The van der Waals surface area contributed by atoms with Gasteiger partial charge in [0, 0.05) is 6.04 Å². The van der Waals surface area contributed by atoms with Crippen LogP contribution in [-0.2, 0) is 22.9 Å². The van der Waals surface area contributed by atoms with E-state index in [9.17, 15) is 8.42 Å². The lowest BCUT2D eigenvalue weighted by Crippen LogP contribution is -2.30. The fraction of sp³-hybridized carbons (Fsp3) is 0.294. The molecule has 0 saturated carbocycles. The fourth-order valence-electron chi connectivity index (χ4n) is 2.18. The van der Waals surface area contributed by atoms with E-state index in [4.69, 9.17) is 0 Å². The summed E-state index contributed by atoms with van der Waals surface area (Å²) in [6, 6.07) is 17.3. The maximum Gasteiger partial charge on any atom is 0.240 e. The molecule has 0 spiro atoms. The number of sulfonamides is 1. The average molecular weight is 303 g/mol. The first-order chi connectivity index (χ1) is 9.97. The third-order valence-electron chi connectivity index (χ3n) is 3.14. The van der Waals surface area contributed by atoms with Crippen LogP contribution >= 0.6 is 0 Å². The highest BCUT2D eigenvalue weighted by Gasteiger charge is 2.15.